The quantitative estimate of drug-likeness (QED) is 0.920. The Kier molecular flexibility index (Phi) is 4.15. The molecule has 0 fully saturated rings. The molecule has 2 rings (SSSR count). The molecule has 0 saturated carbocycles. The number of hydrogen-bond acceptors (Lipinski definition) is 4. The van der Waals surface area contributed by atoms with Gasteiger partial charge < -0.3 is 9.84 Å². The van der Waals surface area contributed by atoms with Crippen molar-refractivity contribution in [2.45, 2.75) is 17.7 Å². The first-order valence-corrected chi connectivity index (χ1v) is 7.31. The number of benzene rings is 1. The van der Waals surface area contributed by atoms with Crippen LogP contribution in [0.15, 0.2) is 42.8 Å². The largest absolute Gasteiger partial charge is 0.516 e. The monoisotopic (exact) mass is 323 g/mol. The normalized spacial score (nSPS) is 21.0. The summed E-state index contributed by atoms with van der Waals surface area (Å²) in [5.41, 5.74) is -4.99. The highest BCUT2D eigenvalue weighted by Crippen LogP contribution is 2.30. The van der Waals surface area contributed by atoms with Crippen molar-refractivity contribution in [1.29, 1.82) is 0 Å². The zero-order valence-electron chi connectivity index (χ0n) is 10.6. The van der Waals surface area contributed by atoms with Gasteiger partial charge in [0.15, 0.2) is 0 Å². The first kappa shape index (κ1) is 15.6. The number of nitrogens with zero attached hydrogens (tertiary/aromatic N) is 1. The molecule has 0 spiro atoms. The smallest absolute Gasteiger partial charge is 0.492 e. The second kappa shape index (κ2) is 5.57. The van der Waals surface area contributed by atoms with Crippen molar-refractivity contribution in [3.63, 3.8) is 0 Å². The summed E-state index contributed by atoms with van der Waals surface area (Å²) >= 11 is 0. The average Bonchev–Trinajstić information content (AvgIpc) is 2.46. The van der Waals surface area contributed by atoms with Gasteiger partial charge in [0.05, 0.1) is 12.7 Å². The highest BCUT2D eigenvalue weighted by atomic mass is 32.2. The fraction of sp³-hybridized carbons (Fsp3) is 0.333. The average molecular weight is 323 g/mol. The highest BCUT2D eigenvalue weighted by molar-refractivity contribution is 7.90. The van der Waals surface area contributed by atoms with Crippen LogP contribution in [0.3, 0.4) is 0 Å². The summed E-state index contributed by atoms with van der Waals surface area (Å²) in [6.07, 6.45) is -0.877. The maximum Gasteiger partial charge on any atom is 0.516 e. The number of sulfonamides is 1. The van der Waals surface area contributed by atoms with Crippen molar-refractivity contribution in [3.05, 3.63) is 48.4 Å². The fourth-order valence-corrected chi connectivity index (χ4v) is 2.65. The molecule has 0 saturated heterocycles. The summed E-state index contributed by atoms with van der Waals surface area (Å²) in [7, 11) is -5.49. The highest BCUT2D eigenvalue weighted by Gasteiger charge is 2.50. The molecule has 0 radical (unpaired) electrons. The maximum atomic E-state index is 12.5. The molecule has 0 amide bonds. The van der Waals surface area contributed by atoms with Gasteiger partial charge in [-0.1, -0.05) is 30.3 Å². The van der Waals surface area contributed by atoms with Crippen LogP contribution < -0.4 is 0 Å². The molecule has 21 heavy (non-hydrogen) atoms. The number of ether oxygens (including phenoxy) is 1. The first-order chi connectivity index (χ1) is 9.73. The molecule has 1 heterocycles. The number of aliphatic hydroxyl groups excluding tert-OH is 1. The van der Waals surface area contributed by atoms with Gasteiger partial charge in [-0.25, -0.2) is 0 Å². The fourth-order valence-electron chi connectivity index (χ4n) is 1.84. The Bertz CT molecular complexity index is 615. The van der Waals surface area contributed by atoms with E-state index in [1.165, 1.54) is 0 Å². The minimum absolute atomic E-state index is 0.118. The minimum Gasteiger partial charge on any atom is -0.492 e. The van der Waals surface area contributed by atoms with Crippen molar-refractivity contribution < 1.29 is 31.4 Å². The topological polar surface area (TPSA) is 66.8 Å². The molecule has 1 aliphatic rings. The van der Waals surface area contributed by atoms with E-state index in [4.69, 9.17) is 4.74 Å². The first-order valence-electron chi connectivity index (χ1n) is 5.87. The molecule has 1 aliphatic heterocycles. The van der Waals surface area contributed by atoms with Gasteiger partial charge in [0.1, 0.15) is 18.5 Å². The standard InChI is InChI=1S/C12H12F3NO4S/c13-12(14,15)21(18,19)16-6-7-20-10(8-16)11(17)9-4-2-1-3-5-9/h1-7,10-11,17H,8H2/t10-,11-/m0/s1. The number of alkyl halides is 3. The second-order valence-corrected chi connectivity index (χ2v) is 6.22. The maximum absolute atomic E-state index is 12.5. The van der Waals surface area contributed by atoms with E-state index in [-0.39, 0.29) is 4.31 Å². The van der Waals surface area contributed by atoms with Gasteiger partial charge in [-0.15, -0.1) is 0 Å². The molecule has 1 aromatic carbocycles. The SMILES string of the molecule is O=S(=O)(N1C=CO[C@H]([C@@H](O)c2ccccc2)C1)C(F)(F)F. The minimum atomic E-state index is -5.49. The van der Waals surface area contributed by atoms with E-state index in [0.29, 0.717) is 11.8 Å². The Balaban J connectivity index is 2.19. The summed E-state index contributed by atoms with van der Waals surface area (Å²) in [6, 6.07) is 8.12. The Morgan fingerprint density at radius 3 is 2.48 bits per heavy atom. The van der Waals surface area contributed by atoms with Crippen LogP contribution in [0.4, 0.5) is 13.2 Å². The van der Waals surface area contributed by atoms with Gasteiger partial charge in [-0.2, -0.15) is 21.6 Å². The molecular weight excluding hydrogens is 311 g/mol. The third-order valence-electron chi connectivity index (χ3n) is 2.93. The second-order valence-electron chi connectivity index (χ2n) is 4.34. The molecular formula is C12H12F3NO4S. The van der Waals surface area contributed by atoms with Crippen LogP contribution in [0.2, 0.25) is 0 Å². The summed E-state index contributed by atoms with van der Waals surface area (Å²) < 4.78 is 65.3. The lowest BCUT2D eigenvalue weighted by atomic mass is 10.0. The molecule has 2 atom stereocenters. The van der Waals surface area contributed by atoms with Crippen LogP contribution in [-0.2, 0) is 14.8 Å². The van der Waals surface area contributed by atoms with E-state index in [9.17, 15) is 26.7 Å². The van der Waals surface area contributed by atoms with Crippen LogP contribution in [0, 0.1) is 0 Å². The summed E-state index contributed by atoms with van der Waals surface area (Å²) in [5.74, 6) is 0. The molecule has 0 bridgehead atoms. The zero-order chi connectivity index (χ0) is 15.7. The van der Waals surface area contributed by atoms with Crippen molar-refractivity contribution in [2.24, 2.45) is 0 Å². The predicted octanol–water partition coefficient (Wildman–Crippen LogP) is 1.74. The molecule has 116 valence electrons. The van der Waals surface area contributed by atoms with Crippen molar-refractivity contribution >= 4 is 10.0 Å². The van der Waals surface area contributed by atoms with Crippen molar-refractivity contribution in [1.82, 2.24) is 4.31 Å². The van der Waals surface area contributed by atoms with Crippen LogP contribution in [0.5, 0.6) is 0 Å². The van der Waals surface area contributed by atoms with Crippen molar-refractivity contribution in [2.75, 3.05) is 6.54 Å². The number of rotatable bonds is 3. The van der Waals surface area contributed by atoms with E-state index < -0.39 is 34.3 Å². The molecule has 1 N–H and O–H groups in total. The van der Waals surface area contributed by atoms with Crippen LogP contribution in [0.25, 0.3) is 0 Å². The Labute approximate surface area is 119 Å². The molecule has 0 aliphatic carbocycles. The molecule has 0 unspecified atom stereocenters. The molecule has 9 heteroatoms. The number of halogens is 3. The lowest BCUT2D eigenvalue weighted by molar-refractivity contribution is -0.0524. The predicted molar refractivity (Wildman–Crippen MR) is 67.1 cm³/mol. The third-order valence-corrected chi connectivity index (χ3v) is 4.41. The Hall–Kier alpha value is -1.74. The van der Waals surface area contributed by atoms with Crippen LogP contribution >= 0.6 is 0 Å². The lowest BCUT2D eigenvalue weighted by Crippen LogP contribution is -2.45. The number of hydrogen-bond donors (Lipinski definition) is 1. The molecule has 0 aromatic heterocycles. The van der Waals surface area contributed by atoms with Crippen LogP contribution in [0.1, 0.15) is 11.7 Å². The summed E-state index contributed by atoms with van der Waals surface area (Å²) in [6.45, 7) is -0.631. The third kappa shape index (κ3) is 3.13. The van der Waals surface area contributed by atoms with Gasteiger partial charge in [-0.05, 0) is 5.56 Å². The van der Waals surface area contributed by atoms with Crippen LogP contribution in [-0.4, -0.2) is 36.0 Å². The molecule has 1 aromatic rings. The van der Waals surface area contributed by atoms with Gasteiger partial charge in [-0.3, -0.25) is 4.31 Å². The van der Waals surface area contributed by atoms with E-state index in [2.05, 4.69) is 0 Å². The van der Waals surface area contributed by atoms with Crippen molar-refractivity contribution in [3.8, 4) is 0 Å². The molecule has 5 nitrogen and oxygen atoms in total. The Morgan fingerprint density at radius 1 is 1.29 bits per heavy atom. The van der Waals surface area contributed by atoms with E-state index in [1.54, 1.807) is 30.3 Å². The van der Waals surface area contributed by atoms with E-state index >= 15 is 0 Å². The summed E-state index contributed by atoms with van der Waals surface area (Å²) in [5, 5.41) is 10.1. The van der Waals surface area contributed by atoms with Gasteiger partial charge in [0.25, 0.3) is 0 Å². The number of aliphatic hydroxyl groups is 1. The van der Waals surface area contributed by atoms with E-state index in [1.807, 2.05) is 0 Å². The van der Waals surface area contributed by atoms with Gasteiger partial charge >= 0.3 is 15.5 Å². The van der Waals surface area contributed by atoms with Gasteiger partial charge in [0.2, 0.25) is 0 Å². The Morgan fingerprint density at radius 2 is 1.90 bits per heavy atom. The zero-order valence-corrected chi connectivity index (χ0v) is 11.4. The van der Waals surface area contributed by atoms with Gasteiger partial charge in [0, 0.05) is 0 Å². The summed E-state index contributed by atoms with van der Waals surface area (Å²) in [4.78, 5) is 0. The lowest BCUT2D eigenvalue weighted by Gasteiger charge is -2.32. The van der Waals surface area contributed by atoms with E-state index in [0.717, 1.165) is 6.26 Å².